The predicted octanol–water partition coefficient (Wildman–Crippen LogP) is 3.29. The van der Waals surface area contributed by atoms with Crippen LogP contribution in [0.2, 0.25) is 0 Å². The minimum absolute atomic E-state index is 0.0209. The number of carbonyl (C=O) groups is 1. The van der Waals surface area contributed by atoms with Crippen LogP contribution in [-0.2, 0) is 0 Å². The molecular formula is C23H22N6O2. The number of amides is 1. The summed E-state index contributed by atoms with van der Waals surface area (Å²) in [6, 6.07) is 14.1. The standard InChI is InChI=1S/C23H22N6O2/c1-14-6-7-19(29-25-8-9-26-29)17(10-14)22(30)28-13-15-11-16(15)20(28)12-24-23-27-18-4-2-3-5-21(18)31-23/h2-10,15-16,20H,11-13H2,1H3,(H,24,27)/t15-,16-,20-/m1/s1. The molecule has 2 fully saturated rings. The molecule has 31 heavy (non-hydrogen) atoms. The molecule has 1 aliphatic heterocycles. The van der Waals surface area contributed by atoms with Crippen molar-refractivity contribution in [1.82, 2.24) is 24.9 Å². The number of carbonyl (C=O) groups excluding carboxylic acids is 1. The van der Waals surface area contributed by atoms with Crippen molar-refractivity contribution in [3.63, 3.8) is 0 Å². The number of anilines is 1. The van der Waals surface area contributed by atoms with E-state index in [-0.39, 0.29) is 11.9 Å². The monoisotopic (exact) mass is 414 g/mol. The smallest absolute Gasteiger partial charge is 0.295 e. The molecule has 2 aromatic carbocycles. The summed E-state index contributed by atoms with van der Waals surface area (Å²) < 4.78 is 5.80. The van der Waals surface area contributed by atoms with Gasteiger partial charge >= 0.3 is 0 Å². The second kappa shape index (κ2) is 6.94. The third-order valence-electron chi connectivity index (χ3n) is 6.34. The maximum Gasteiger partial charge on any atom is 0.295 e. The van der Waals surface area contributed by atoms with Gasteiger partial charge in [-0.25, -0.2) is 0 Å². The van der Waals surface area contributed by atoms with Crippen molar-refractivity contribution in [2.45, 2.75) is 19.4 Å². The van der Waals surface area contributed by atoms with Crippen LogP contribution in [0.5, 0.6) is 0 Å². The van der Waals surface area contributed by atoms with E-state index in [1.54, 1.807) is 12.4 Å². The Morgan fingerprint density at radius 3 is 2.87 bits per heavy atom. The van der Waals surface area contributed by atoms with E-state index in [2.05, 4.69) is 20.5 Å². The van der Waals surface area contributed by atoms with Crippen LogP contribution in [-0.4, -0.2) is 49.9 Å². The van der Waals surface area contributed by atoms with Gasteiger partial charge in [0.2, 0.25) is 0 Å². The zero-order chi connectivity index (χ0) is 20.9. The molecule has 3 atom stereocenters. The number of hydrogen-bond acceptors (Lipinski definition) is 6. The van der Waals surface area contributed by atoms with E-state index in [1.165, 1.54) is 11.2 Å². The lowest BCUT2D eigenvalue weighted by Crippen LogP contribution is -2.42. The Morgan fingerprint density at radius 2 is 2.03 bits per heavy atom. The van der Waals surface area contributed by atoms with Crippen molar-refractivity contribution in [2.75, 3.05) is 18.4 Å². The fraction of sp³-hybridized carbons (Fsp3) is 0.304. The van der Waals surface area contributed by atoms with Crippen LogP contribution in [0.3, 0.4) is 0 Å². The fourth-order valence-corrected chi connectivity index (χ4v) is 4.70. The lowest BCUT2D eigenvalue weighted by atomic mass is 10.1. The number of nitrogens with one attached hydrogen (secondary N) is 1. The molecule has 0 unspecified atom stereocenters. The van der Waals surface area contributed by atoms with Crippen LogP contribution in [0.1, 0.15) is 22.3 Å². The number of rotatable bonds is 5. The average Bonchev–Trinajstić information content (AvgIpc) is 3.17. The second-order valence-electron chi connectivity index (χ2n) is 8.39. The fourth-order valence-electron chi connectivity index (χ4n) is 4.70. The van der Waals surface area contributed by atoms with Gasteiger partial charge in [0.25, 0.3) is 11.9 Å². The summed E-state index contributed by atoms with van der Waals surface area (Å²) in [4.78, 5) is 21.6. The van der Waals surface area contributed by atoms with E-state index in [0.717, 1.165) is 23.2 Å². The van der Waals surface area contributed by atoms with Crippen LogP contribution in [0.15, 0.2) is 59.3 Å². The Bertz CT molecular complexity index is 1230. The zero-order valence-corrected chi connectivity index (χ0v) is 17.1. The molecule has 1 saturated carbocycles. The van der Waals surface area contributed by atoms with Crippen molar-refractivity contribution in [2.24, 2.45) is 11.8 Å². The Morgan fingerprint density at radius 1 is 1.19 bits per heavy atom. The predicted molar refractivity (Wildman–Crippen MR) is 115 cm³/mol. The molecule has 8 heteroatoms. The number of hydrogen-bond donors (Lipinski definition) is 1. The molecule has 3 heterocycles. The molecule has 0 bridgehead atoms. The van der Waals surface area contributed by atoms with Crippen molar-refractivity contribution in [3.8, 4) is 5.69 Å². The number of piperidine rings is 1. The first-order chi connectivity index (χ1) is 15.2. The number of aryl methyl sites for hydroxylation is 1. The normalized spacial score (nSPS) is 22.0. The van der Waals surface area contributed by atoms with Gasteiger partial charge in [-0.1, -0.05) is 23.8 Å². The molecule has 2 aromatic heterocycles. The lowest BCUT2D eigenvalue weighted by Gasteiger charge is -2.28. The van der Waals surface area contributed by atoms with Crippen LogP contribution in [0.4, 0.5) is 6.01 Å². The first-order valence-electron chi connectivity index (χ1n) is 10.5. The van der Waals surface area contributed by atoms with Gasteiger partial charge in [0.15, 0.2) is 5.58 Å². The Labute approximate surface area is 178 Å². The van der Waals surface area contributed by atoms with E-state index < -0.39 is 0 Å². The molecule has 1 amide bonds. The summed E-state index contributed by atoms with van der Waals surface area (Å²) in [7, 11) is 0. The van der Waals surface area contributed by atoms with Crippen LogP contribution in [0.25, 0.3) is 16.8 Å². The Hall–Kier alpha value is -3.68. The summed E-state index contributed by atoms with van der Waals surface area (Å²) >= 11 is 0. The Kier molecular flexibility index (Phi) is 4.05. The molecule has 0 radical (unpaired) electrons. The van der Waals surface area contributed by atoms with E-state index in [9.17, 15) is 4.79 Å². The third-order valence-corrected chi connectivity index (χ3v) is 6.34. The van der Waals surface area contributed by atoms with Gasteiger partial charge in [0.1, 0.15) is 5.52 Å². The number of likely N-dealkylation sites (tertiary alicyclic amines) is 1. The molecular weight excluding hydrogens is 392 g/mol. The maximum atomic E-state index is 13.6. The summed E-state index contributed by atoms with van der Waals surface area (Å²) in [5.41, 5.74) is 3.94. The van der Waals surface area contributed by atoms with Crippen molar-refractivity contribution < 1.29 is 9.21 Å². The number of nitrogens with zero attached hydrogens (tertiary/aromatic N) is 5. The Balaban J connectivity index is 1.26. The lowest BCUT2D eigenvalue weighted by molar-refractivity contribution is 0.0714. The molecule has 2 aliphatic rings. The largest absolute Gasteiger partial charge is 0.424 e. The SMILES string of the molecule is Cc1ccc(-n2nccn2)c(C(=O)N2C[C@H]3C[C@H]3[C@H]2CNc2nc3ccccc3o2)c1. The topological polar surface area (TPSA) is 89.1 Å². The van der Waals surface area contributed by atoms with Crippen LogP contribution in [0, 0.1) is 18.8 Å². The highest BCUT2D eigenvalue weighted by atomic mass is 16.4. The molecule has 1 N–H and O–H groups in total. The number of benzene rings is 2. The molecule has 4 aromatic rings. The first-order valence-corrected chi connectivity index (χ1v) is 10.5. The van der Waals surface area contributed by atoms with E-state index in [4.69, 9.17) is 4.42 Å². The highest BCUT2D eigenvalue weighted by Crippen LogP contribution is 2.50. The third kappa shape index (κ3) is 3.15. The summed E-state index contributed by atoms with van der Waals surface area (Å²) in [6.07, 6.45) is 4.41. The first kappa shape index (κ1) is 18.1. The van der Waals surface area contributed by atoms with Gasteiger partial charge in [0, 0.05) is 13.1 Å². The van der Waals surface area contributed by atoms with Gasteiger partial charge in [-0.05, 0) is 49.4 Å². The number of para-hydroxylation sites is 2. The van der Waals surface area contributed by atoms with E-state index in [1.807, 2.05) is 54.3 Å². The maximum absolute atomic E-state index is 13.6. The minimum Gasteiger partial charge on any atom is -0.424 e. The van der Waals surface area contributed by atoms with Gasteiger partial charge in [-0.15, -0.1) is 0 Å². The van der Waals surface area contributed by atoms with Gasteiger partial charge in [-0.2, -0.15) is 20.0 Å². The molecule has 6 rings (SSSR count). The summed E-state index contributed by atoms with van der Waals surface area (Å²) in [6.45, 7) is 3.38. The van der Waals surface area contributed by atoms with Gasteiger partial charge < -0.3 is 14.6 Å². The molecule has 1 aliphatic carbocycles. The minimum atomic E-state index is 0.0209. The molecule has 0 spiro atoms. The van der Waals surface area contributed by atoms with Gasteiger partial charge in [0.05, 0.1) is 29.7 Å². The number of aromatic nitrogens is 4. The molecule has 156 valence electrons. The van der Waals surface area contributed by atoms with Crippen LogP contribution < -0.4 is 5.32 Å². The molecule has 1 saturated heterocycles. The van der Waals surface area contributed by atoms with Crippen molar-refractivity contribution >= 4 is 23.0 Å². The highest BCUT2D eigenvalue weighted by molar-refractivity contribution is 5.98. The summed E-state index contributed by atoms with van der Waals surface area (Å²) in [5.74, 6) is 1.12. The average molecular weight is 414 g/mol. The highest BCUT2D eigenvalue weighted by Gasteiger charge is 2.54. The zero-order valence-electron chi connectivity index (χ0n) is 17.1. The van der Waals surface area contributed by atoms with Crippen molar-refractivity contribution in [3.05, 3.63) is 66.0 Å². The second-order valence-corrected chi connectivity index (χ2v) is 8.39. The number of fused-ring (bicyclic) bond motifs is 2. The number of oxazole rings is 1. The summed E-state index contributed by atoms with van der Waals surface area (Å²) in [5, 5.41) is 11.8. The van der Waals surface area contributed by atoms with E-state index >= 15 is 0 Å². The molecule has 8 nitrogen and oxygen atoms in total. The quantitative estimate of drug-likeness (QED) is 0.539. The van der Waals surface area contributed by atoms with Crippen molar-refractivity contribution in [1.29, 1.82) is 0 Å². The van der Waals surface area contributed by atoms with Crippen LogP contribution >= 0.6 is 0 Å². The van der Waals surface area contributed by atoms with E-state index in [0.29, 0.717) is 35.6 Å². The van der Waals surface area contributed by atoms with Gasteiger partial charge in [-0.3, -0.25) is 4.79 Å².